The van der Waals surface area contributed by atoms with Gasteiger partial charge in [-0.25, -0.2) is 8.42 Å². The summed E-state index contributed by atoms with van der Waals surface area (Å²) < 4.78 is 29.1. The van der Waals surface area contributed by atoms with E-state index in [0.717, 1.165) is 44.3 Å². The summed E-state index contributed by atoms with van der Waals surface area (Å²) in [6.07, 6.45) is 3.80. The molecule has 2 aliphatic heterocycles. The molecule has 2 saturated heterocycles. The molecule has 1 N–H and O–H groups in total. The predicted molar refractivity (Wildman–Crippen MR) is 133 cm³/mol. The number of amides is 1. The molecule has 2 fully saturated rings. The number of rotatable bonds is 5. The van der Waals surface area contributed by atoms with Crippen molar-refractivity contribution >= 4 is 27.3 Å². The van der Waals surface area contributed by atoms with Gasteiger partial charge >= 0.3 is 0 Å². The molecule has 0 saturated carbocycles. The van der Waals surface area contributed by atoms with Crippen molar-refractivity contribution < 1.29 is 13.2 Å². The Balaban J connectivity index is 1.68. The fourth-order valence-electron chi connectivity index (χ4n) is 4.66. The maximum absolute atomic E-state index is 13.8. The number of hydrogen-bond acceptors (Lipinski definition) is 4. The van der Waals surface area contributed by atoms with Gasteiger partial charge in [0.2, 0.25) is 10.0 Å². The normalized spacial score (nSPS) is 18.9. The number of benzene rings is 2. The zero-order valence-corrected chi connectivity index (χ0v) is 20.7. The smallest absolute Gasteiger partial charge is 0.255 e. The van der Waals surface area contributed by atoms with Gasteiger partial charge in [0, 0.05) is 37.4 Å². The van der Waals surface area contributed by atoms with Gasteiger partial charge in [-0.05, 0) is 80.3 Å². The summed E-state index contributed by atoms with van der Waals surface area (Å²) >= 11 is 0. The highest BCUT2D eigenvalue weighted by Crippen LogP contribution is 2.34. The fraction of sp³-hybridized carbons (Fsp3) is 0.500. The lowest BCUT2D eigenvalue weighted by atomic mass is 9.98. The molecule has 4 rings (SSSR count). The van der Waals surface area contributed by atoms with Crippen molar-refractivity contribution in [3.8, 4) is 0 Å². The van der Waals surface area contributed by atoms with Crippen LogP contribution in [0.15, 0.2) is 47.4 Å². The summed E-state index contributed by atoms with van der Waals surface area (Å²) in [5.41, 5.74) is 2.82. The van der Waals surface area contributed by atoms with E-state index in [1.807, 2.05) is 37.3 Å². The molecule has 0 aromatic heterocycles. The van der Waals surface area contributed by atoms with Crippen molar-refractivity contribution in [1.29, 1.82) is 0 Å². The van der Waals surface area contributed by atoms with Gasteiger partial charge in [0.05, 0.1) is 5.69 Å². The second kappa shape index (κ2) is 9.85. The van der Waals surface area contributed by atoms with Crippen LogP contribution in [-0.2, 0) is 10.0 Å². The van der Waals surface area contributed by atoms with Gasteiger partial charge in [-0.2, -0.15) is 4.31 Å². The largest absolute Gasteiger partial charge is 0.370 e. The standard InChI is InChI=1S/C26H35N3O3S/c1-19-9-13-28(14-10-19)24-8-7-22(26(30)27-23-6-4-5-21(3)17-23)18-25(24)33(31,32)29-15-11-20(2)12-16-29/h4-8,17-20H,9-16H2,1-3H3,(H,27,30). The van der Waals surface area contributed by atoms with Crippen molar-refractivity contribution in [3.05, 3.63) is 53.6 Å². The zero-order valence-electron chi connectivity index (χ0n) is 19.9. The van der Waals surface area contributed by atoms with Crippen LogP contribution in [0.3, 0.4) is 0 Å². The Morgan fingerprint density at radius 1 is 0.909 bits per heavy atom. The third-order valence-corrected chi connectivity index (χ3v) is 8.91. The minimum absolute atomic E-state index is 0.253. The number of anilines is 2. The van der Waals surface area contributed by atoms with E-state index in [0.29, 0.717) is 41.9 Å². The predicted octanol–water partition coefficient (Wildman–Crippen LogP) is 4.90. The summed E-state index contributed by atoms with van der Waals surface area (Å²) in [7, 11) is -3.70. The second-order valence-corrected chi connectivity index (χ2v) is 11.7. The lowest BCUT2D eigenvalue weighted by molar-refractivity contribution is 0.102. The van der Waals surface area contributed by atoms with E-state index in [2.05, 4.69) is 24.1 Å². The molecule has 2 aliphatic rings. The van der Waals surface area contributed by atoms with Crippen LogP contribution in [-0.4, -0.2) is 44.8 Å². The minimum Gasteiger partial charge on any atom is -0.370 e. The Morgan fingerprint density at radius 3 is 2.18 bits per heavy atom. The average Bonchev–Trinajstić information content (AvgIpc) is 2.79. The van der Waals surface area contributed by atoms with Crippen molar-refractivity contribution in [3.63, 3.8) is 0 Å². The molecule has 0 aliphatic carbocycles. The Morgan fingerprint density at radius 2 is 1.55 bits per heavy atom. The molecule has 0 unspecified atom stereocenters. The van der Waals surface area contributed by atoms with Crippen molar-refractivity contribution in [2.45, 2.75) is 51.3 Å². The topological polar surface area (TPSA) is 69.7 Å². The highest BCUT2D eigenvalue weighted by atomic mass is 32.2. The molecule has 7 heteroatoms. The van der Waals surface area contributed by atoms with Crippen LogP contribution in [0.25, 0.3) is 0 Å². The molecule has 2 aromatic rings. The monoisotopic (exact) mass is 469 g/mol. The van der Waals surface area contributed by atoms with Crippen LogP contribution >= 0.6 is 0 Å². The second-order valence-electron chi connectivity index (χ2n) is 9.76. The molecule has 33 heavy (non-hydrogen) atoms. The lowest BCUT2D eigenvalue weighted by Gasteiger charge is -2.35. The number of hydrogen-bond donors (Lipinski definition) is 1. The van der Waals surface area contributed by atoms with Crippen LogP contribution < -0.4 is 10.2 Å². The zero-order chi connectivity index (χ0) is 23.6. The number of aryl methyl sites for hydroxylation is 1. The molecule has 178 valence electrons. The summed E-state index contributed by atoms with van der Waals surface area (Å²) in [6, 6.07) is 12.7. The molecule has 2 heterocycles. The van der Waals surface area contributed by atoms with Crippen molar-refractivity contribution in [2.24, 2.45) is 11.8 Å². The molecular weight excluding hydrogens is 434 g/mol. The number of nitrogens with one attached hydrogen (secondary N) is 1. The third kappa shape index (κ3) is 5.41. The molecule has 0 spiro atoms. The summed E-state index contributed by atoms with van der Waals surface area (Å²) in [4.78, 5) is 15.4. The Kier molecular flexibility index (Phi) is 7.10. The maximum Gasteiger partial charge on any atom is 0.255 e. The van der Waals surface area contributed by atoms with Gasteiger partial charge in [-0.3, -0.25) is 4.79 Å². The first-order valence-electron chi connectivity index (χ1n) is 12.0. The molecule has 6 nitrogen and oxygen atoms in total. The van der Waals surface area contributed by atoms with Crippen LogP contribution in [0, 0.1) is 18.8 Å². The first-order valence-corrected chi connectivity index (χ1v) is 13.4. The lowest BCUT2D eigenvalue weighted by Crippen LogP contribution is -2.39. The molecular formula is C26H35N3O3S. The van der Waals surface area contributed by atoms with Gasteiger partial charge in [0.25, 0.3) is 5.91 Å². The fourth-order valence-corrected chi connectivity index (χ4v) is 6.37. The third-order valence-electron chi connectivity index (χ3n) is 6.98. The minimum atomic E-state index is -3.70. The number of piperidine rings is 2. The molecule has 0 atom stereocenters. The van der Waals surface area contributed by atoms with Gasteiger partial charge in [0.15, 0.2) is 0 Å². The average molecular weight is 470 g/mol. The Bertz CT molecular complexity index is 1100. The van der Waals surface area contributed by atoms with Crippen LogP contribution in [0.2, 0.25) is 0 Å². The van der Waals surface area contributed by atoms with Gasteiger partial charge in [-0.15, -0.1) is 0 Å². The number of carbonyl (C=O) groups is 1. The van der Waals surface area contributed by atoms with Crippen LogP contribution in [0.4, 0.5) is 11.4 Å². The first kappa shape index (κ1) is 23.8. The van der Waals surface area contributed by atoms with E-state index in [4.69, 9.17) is 0 Å². The summed E-state index contributed by atoms with van der Waals surface area (Å²) in [6.45, 7) is 9.09. The van der Waals surface area contributed by atoms with Gasteiger partial charge < -0.3 is 10.2 Å². The first-order chi connectivity index (χ1) is 15.7. The van der Waals surface area contributed by atoms with E-state index in [1.54, 1.807) is 16.4 Å². The van der Waals surface area contributed by atoms with Crippen LogP contribution in [0.1, 0.15) is 55.5 Å². The van der Waals surface area contributed by atoms with Gasteiger partial charge in [0.1, 0.15) is 4.90 Å². The molecule has 0 radical (unpaired) electrons. The summed E-state index contributed by atoms with van der Waals surface area (Å²) in [5, 5.41) is 2.91. The highest BCUT2D eigenvalue weighted by Gasteiger charge is 2.32. The van der Waals surface area contributed by atoms with E-state index < -0.39 is 10.0 Å². The van der Waals surface area contributed by atoms with E-state index in [-0.39, 0.29) is 10.8 Å². The SMILES string of the molecule is Cc1cccc(NC(=O)c2ccc(N3CCC(C)CC3)c(S(=O)(=O)N3CCC(C)CC3)c2)c1. The number of nitrogens with zero attached hydrogens (tertiary/aromatic N) is 2. The van der Waals surface area contributed by atoms with E-state index >= 15 is 0 Å². The molecule has 2 aromatic carbocycles. The number of sulfonamides is 1. The Hall–Kier alpha value is -2.38. The van der Waals surface area contributed by atoms with Crippen molar-refractivity contribution in [2.75, 3.05) is 36.4 Å². The van der Waals surface area contributed by atoms with E-state index in [1.165, 1.54) is 0 Å². The molecule has 0 bridgehead atoms. The quantitative estimate of drug-likeness (QED) is 0.676. The van der Waals surface area contributed by atoms with E-state index in [9.17, 15) is 13.2 Å². The Labute approximate surface area is 198 Å². The summed E-state index contributed by atoms with van der Waals surface area (Å²) in [5.74, 6) is 0.873. The maximum atomic E-state index is 13.8. The van der Waals surface area contributed by atoms with Crippen LogP contribution in [0.5, 0.6) is 0 Å². The molecule has 1 amide bonds. The number of carbonyl (C=O) groups excluding carboxylic acids is 1. The highest BCUT2D eigenvalue weighted by molar-refractivity contribution is 7.89. The van der Waals surface area contributed by atoms with Gasteiger partial charge in [-0.1, -0.05) is 26.0 Å². The van der Waals surface area contributed by atoms with Crippen molar-refractivity contribution in [1.82, 2.24) is 4.31 Å².